The van der Waals surface area contributed by atoms with Crippen LogP contribution in [0.25, 0.3) is 10.9 Å². The van der Waals surface area contributed by atoms with Gasteiger partial charge in [-0.3, -0.25) is 9.59 Å². The summed E-state index contributed by atoms with van der Waals surface area (Å²) in [6.45, 7) is 8.47. The lowest BCUT2D eigenvalue weighted by Gasteiger charge is -2.40. The molecule has 0 bridgehead atoms. The Bertz CT molecular complexity index is 1470. The van der Waals surface area contributed by atoms with E-state index in [-0.39, 0.29) is 30.3 Å². The molecule has 1 saturated heterocycles. The number of methoxy groups -OCH3 is 1. The van der Waals surface area contributed by atoms with Crippen LogP contribution in [0.5, 0.6) is 5.75 Å². The van der Waals surface area contributed by atoms with Crippen LogP contribution in [0.4, 0.5) is 17.2 Å². The van der Waals surface area contributed by atoms with Gasteiger partial charge in [0.25, 0.3) is 0 Å². The van der Waals surface area contributed by atoms with Gasteiger partial charge in [0, 0.05) is 35.1 Å². The number of anilines is 3. The van der Waals surface area contributed by atoms with Gasteiger partial charge in [0.05, 0.1) is 34.9 Å². The van der Waals surface area contributed by atoms with Crippen LogP contribution >= 0.6 is 35.6 Å². The Labute approximate surface area is 268 Å². The van der Waals surface area contributed by atoms with Gasteiger partial charge in [-0.2, -0.15) is 0 Å². The molecule has 2 amide bonds. The summed E-state index contributed by atoms with van der Waals surface area (Å²) in [5.74, 6) is 0.0292. The molecule has 43 heavy (non-hydrogen) atoms. The first-order valence-corrected chi connectivity index (χ1v) is 14.7. The molecule has 2 aromatic carbocycles. The number of nitrogens with two attached hydrogens (primary N) is 1. The lowest BCUT2D eigenvalue weighted by molar-refractivity contribution is -0.144. The lowest BCUT2D eigenvalue weighted by Crippen LogP contribution is -2.57. The number of likely N-dealkylation sites (tertiary alicyclic amines) is 1. The fourth-order valence-electron chi connectivity index (χ4n) is 5.46. The summed E-state index contributed by atoms with van der Waals surface area (Å²) < 4.78 is 5.60. The highest BCUT2D eigenvalue weighted by atomic mass is 35.5. The largest absolute Gasteiger partial charge is 0.494 e. The maximum atomic E-state index is 14.0. The van der Waals surface area contributed by atoms with Crippen molar-refractivity contribution in [3.05, 3.63) is 46.7 Å². The topological polar surface area (TPSA) is 134 Å². The number of fused-ring (bicyclic) bond motifs is 1. The summed E-state index contributed by atoms with van der Waals surface area (Å²) in [5.41, 5.74) is 7.84. The zero-order valence-corrected chi connectivity index (χ0v) is 27.5. The van der Waals surface area contributed by atoms with Crippen LogP contribution in [-0.4, -0.2) is 65.5 Å². The van der Waals surface area contributed by atoms with E-state index in [1.165, 1.54) is 13.4 Å². The Morgan fingerprint density at radius 2 is 1.86 bits per heavy atom. The van der Waals surface area contributed by atoms with Gasteiger partial charge in [0.2, 0.25) is 11.8 Å². The van der Waals surface area contributed by atoms with E-state index < -0.39 is 23.4 Å². The molecule has 2 heterocycles. The third-order valence-electron chi connectivity index (χ3n) is 7.85. The van der Waals surface area contributed by atoms with E-state index in [2.05, 4.69) is 25.9 Å². The number of halogens is 3. The maximum absolute atomic E-state index is 14.0. The minimum Gasteiger partial charge on any atom is -0.494 e. The molecule has 4 atom stereocenters. The summed E-state index contributed by atoms with van der Waals surface area (Å²) >= 11 is 12.4. The Balaban J connectivity index is 0.00000506. The quantitative estimate of drug-likeness (QED) is 0.234. The minimum atomic E-state index is -0.641. The molecule has 13 heteroatoms. The SMILES string of the molecule is CN[C@@H](C)C(N)[C@@H](C(=O)N1CCC[C@H]1C(=O)Nc1cc2c(Nc3ccc(Cl)cc3Cl)ncnc2cc1OC)C(C)(C)C.Cl. The molecule has 1 unspecified atom stereocenters. The van der Waals surface area contributed by atoms with Gasteiger partial charge in [-0.15, -0.1) is 12.4 Å². The maximum Gasteiger partial charge on any atom is 0.247 e. The predicted octanol–water partition coefficient (Wildman–Crippen LogP) is 5.64. The van der Waals surface area contributed by atoms with Crippen LogP contribution in [0.2, 0.25) is 10.0 Å². The molecule has 0 spiro atoms. The van der Waals surface area contributed by atoms with Gasteiger partial charge in [0.1, 0.15) is 23.9 Å². The molecule has 1 fully saturated rings. The number of hydrogen-bond acceptors (Lipinski definition) is 8. The highest BCUT2D eigenvalue weighted by molar-refractivity contribution is 6.36. The molecule has 0 radical (unpaired) electrons. The average Bonchev–Trinajstić information content (AvgIpc) is 3.43. The number of hydrogen-bond donors (Lipinski definition) is 4. The molecule has 10 nitrogen and oxygen atoms in total. The van der Waals surface area contributed by atoms with Gasteiger partial charge in [-0.05, 0) is 56.5 Å². The van der Waals surface area contributed by atoms with Gasteiger partial charge in [0.15, 0.2) is 0 Å². The molecule has 0 saturated carbocycles. The van der Waals surface area contributed by atoms with Crippen molar-refractivity contribution in [2.45, 2.75) is 58.7 Å². The number of carbonyl (C=O) groups excluding carboxylic acids is 2. The Morgan fingerprint density at radius 3 is 2.49 bits per heavy atom. The van der Waals surface area contributed by atoms with Crippen molar-refractivity contribution in [3.63, 3.8) is 0 Å². The van der Waals surface area contributed by atoms with E-state index in [1.807, 2.05) is 34.7 Å². The number of aromatic nitrogens is 2. The number of nitrogens with zero attached hydrogens (tertiary/aromatic N) is 3. The van der Waals surface area contributed by atoms with Gasteiger partial charge < -0.3 is 31.3 Å². The van der Waals surface area contributed by atoms with Crippen molar-refractivity contribution in [3.8, 4) is 5.75 Å². The number of ether oxygens (including phenoxy) is 1. The summed E-state index contributed by atoms with van der Waals surface area (Å²) in [6, 6.07) is 7.44. The van der Waals surface area contributed by atoms with Crippen LogP contribution in [0.15, 0.2) is 36.7 Å². The highest BCUT2D eigenvalue weighted by Crippen LogP contribution is 2.37. The summed E-state index contributed by atoms with van der Waals surface area (Å²) in [6.07, 6.45) is 2.70. The third-order valence-corrected chi connectivity index (χ3v) is 8.40. The van der Waals surface area contributed by atoms with E-state index in [0.29, 0.717) is 56.9 Å². The van der Waals surface area contributed by atoms with Crippen LogP contribution in [0, 0.1) is 11.3 Å². The summed E-state index contributed by atoms with van der Waals surface area (Å²) in [7, 11) is 3.35. The number of carbonyl (C=O) groups is 2. The van der Waals surface area contributed by atoms with Crippen molar-refractivity contribution in [1.82, 2.24) is 20.2 Å². The molecule has 5 N–H and O–H groups in total. The van der Waals surface area contributed by atoms with E-state index in [9.17, 15) is 9.59 Å². The summed E-state index contributed by atoms with van der Waals surface area (Å²) in [4.78, 5) is 38.1. The average molecular weight is 653 g/mol. The first kappa shape index (κ1) is 34.6. The van der Waals surface area contributed by atoms with Crippen molar-refractivity contribution in [2.75, 3.05) is 31.3 Å². The molecule has 3 aromatic rings. The molecule has 1 aromatic heterocycles. The van der Waals surface area contributed by atoms with Crippen LogP contribution in [0.3, 0.4) is 0 Å². The number of nitrogens with one attached hydrogen (secondary N) is 3. The van der Waals surface area contributed by atoms with Crippen LogP contribution < -0.4 is 26.4 Å². The highest BCUT2D eigenvalue weighted by Gasteiger charge is 2.44. The third kappa shape index (κ3) is 7.61. The van der Waals surface area contributed by atoms with Crippen molar-refractivity contribution in [1.29, 1.82) is 0 Å². The Morgan fingerprint density at radius 1 is 1.14 bits per heavy atom. The predicted molar refractivity (Wildman–Crippen MR) is 176 cm³/mol. The second-order valence-electron chi connectivity index (χ2n) is 11.7. The number of benzene rings is 2. The van der Waals surface area contributed by atoms with Gasteiger partial charge in [-0.1, -0.05) is 44.0 Å². The smallest absolute Gasteiger partial charge is 0.247 e. The van der Waals surface area contributed by atoms with Crippen molar-refractivity contribution in [2.24, 2.45) is 17.1 Å². The van der Waals surface area contributed by atoms with Crippen molar-refractivity contribution >= 4 is 75.5 Å². The standard InChI is InChI=1S/C30H39Cl2N7O3.ClH/c1-16(34-5)26(33)25(30(2,3)4)29(41)39-11-7-8-23(39)28(40)38-22-13-18-21(14-24(22)42-6)35-15-36-27(18)37-20-10-9-17(31)12-19(20)32;/h9-10,12-16,23,25-26,34H,7-8,11,33H2,1-6H3,(H,38,40)(H,35,36,37);1H/t16-,23-,25-,26?;/m0./s1. The second kappa shape index (κ2) is 14.3. The Kier molecular flexibility index (Phi) is 11.5. The van der Waals surface area contributed by atoms with E-state index in [4.69, 9.17) is 33.7 Å². The molecule has 1 aliphatic rings. The lowest BCUT2D eigenvalue weighted by atomic mass is 9.73. The molecule has 1 aliphatic heterocycles. The first-order chi connectivity index (χ1) is 19.8. The van der Waals surface area contributed by atoms with Crippen LogP contribution in [0.1, 0.15) is 40.5 Å². The van der Waals surface area contributed by atoms with E-state index >= 15 is 0 Å². The molecular weight excluding hydrogens is 613 g/mol. The zero-order chi connectivity index (χ0) is 30.8. The number of amides is 2. The van der Waals surface area contributed by atoms with Gasteiger partial charge in [-0.25, -0.2) is 9.97 Å². The number of likely N-dealkylation sites (N-methyl/N-ethyl adjacent to an activating group) is 1. The van der Waals surface area contributed by atoms with Gasteiger partial charge >= 0.3 is 0 Å². The molecule has 4 rings (SSSR count). The monoisotopic (exact) mass is 651 g/mol. The fraction of sp³-hybridized carbons (Fsp3) is 0.467. The van der Waals surface area contributed by atoms with Crippen molar-refractivity contribution < 1.29 is 14.3 Å². The minimum absolute atomic E-state index is 0. The first-order valence-electron chi connectivity index (χ1n) is 13.9. The normalized spacial score (nSPS) is 17.1. The summed E-state index contributed by atoms with van der Waals surface area (Å²) in [5, 5.41) is 11.0. The van der Waals surface area contributed by atoms with E-state index in [0.717, 1.165) is 6.42 Å². The number of rotatable bonds is 9. The zero-order valence-electron chi connectivity index (χ0n) is 25.2. The molecular formula is C30H40Cl3N7O3. The molecule has 0 aliphatic carbocycles. The molecule has 234 valence electrons. The van der Waals surface area contributed by atoms with E-state index in [1.54, 1.807) is 35.2 Å². The van der Waals surface area contributed by atoms with Crippen LogP contribution in [-0.2, 0) is 9.59 Å². The Hall–Kier alpha value is -2.89. The second-order valence-corrected chi connectivity index (χ2v) is 12.6. The fourth-order valence-corrected chi connectivity index (χ4v) is 5.92.